The van der Waals surface area contributed by atoms with Crippen molar-refractivity contribution in [3.63, 3.8) is 0 Å². The minimum atomic E-state index is -0.839. The van der Waals surface area contributed by atoms with E-state index in [0.29, 0.717) is 5.56 Å². The highest BCUT2D eigenvalue weighted by molar-refractivity contribution is 6.32. The quantitative estimate of drug-likeness (QED) is 0.255. The second-order valence-corrected chi connectivity index (χ2v) is 6.27. The van der Waals surface area contributed by atoms with Crippen LogP contribution in [0.1, 0.15) is 20.7 Å². The maximum absolute atomic E-state index is 12.3. The van der Waals surface area contributed by atoms with E-state index in [2.05, 4.69) is 0 Å². The lowest BCUT2D eigenvalue weighted by atomic mass is 10.0. The zero-order chi connectivity index (χ0) is 20.1. The molecule has 0 bridgehead atoms. The first kappa shape index (κ1) is 19.3. The van der Waals surface area contributed by atoms with Crippen LogP contribution in [0, 0.1) is 10.1 Å². The number of Topliss-reactive ketones (excluding diaryl/α,β-unsaturated/α-hetero) is 1. The summed E-state index contributed by atoms with van der Waals surface area (Å²) in [4.78, 5) is 34.5. The molecule has 0 atom stereocenters. The van der Waals surface area contributed by atoms with E-state index in [0.717, 1.165) is 17.2 Å². The van der Waals surface area contributed by atoms with Gasteiger partial charge in [0.1, 0.15) is 5.02 Å². The molecular formula is C21H14ClNO5. The van der Waals surface area contributed by atoms with Gasteiger partial charge in [-0.15, -0.1) is 0 Å². The number of halogens is 1. The lowest BCUT2D eigenvalue weighted by molar-refractivity contribution is -0.384. The van der Waals surface area contributed by atoms with E-state index in [1.165, 1.54) is 12.1 Å². The van der Waals surface area contributed by atoms with Gasteiger partial charge in [0.15, 0.2) is 12.4 Å². The van der Waals surface area contributed by atoms with Crippen LogP contribution in [0.4, 0.5) is 5.69 Å². The number of hydrogen-bond acceptors (Lipinski definition) is 5. The number of esters is 1. The molecule has 3 rings (SSSR count). The number of benzene rings is 3. The number of carbonyl (C=O) groups excluding carboxylic acids is 2. The van der Waals surface area contributed by atoms with Gasteiger partial charge in [-0.25, -0.2) is 4.79 Å². The molecule has 0 aliphatic heterocycles. The number of nitrogens with zero attached hydrogens (tertiary/aromatic N) is 1. The van der Waals surface area contributed by atoms with Crippen LogP contribution < -0.4 is 0 Å². The standard InChI is InChI=1S/C21H14ClNO5/c22-18-11-10-17(12-19(18)23(26)27)21(25)28-13-20(24)16-8-6-15(7-9-16)14-4-2-1-3-5-14/h1-12H,13H2. The van der Waals surface area contributed by atoms with Crippen molar-refractivity contribution < 1.29 is 19.2 Å². The maximum Gasteiger partial charge on any atom is 0.338 e. The third-order valence-corrected chi connectivity index (χ3v) is 4.35. The normalized spacial score (nSPS) is 10.3. The van der Waals surface area contributed by atoms with Crippen LogP contribution in [0.3, 0.4) is 0 Å². The smallest absolute Gasteiger partial charge is 0.338 e. The van der Waals surface area contributed by atoms with Gasteiger partial charge in [0, 0.05) is 11.6 Å². The summed E-state index contributed by atoms with van der Waals surface area (Å²) in [5, 5.41) is 10.8. The molecule has 7 heteroatoms. The number of ether oxygens (including phenoxy) is 1. The minimum absolute atomic E-state index is 0.0525. The molecule has 0 saturated carbocycles. The van der Waals surface area contributed by atoms with Gasteiger partial charge in [0.05, 0.1) is 10.5 Å². The molecule has 140 valence electrons. The van der Waals surface area contributed by atoms with Crippen molar-refractivity contribution >= 4 is 29.0 Å². The highest BCUT2D eigenvalue weighted by atomic mass is 35.5. The molecule has 0 heterocycles. The zero-order valence-electron chi connectivity index (χ0n) is 14.5. The molecule has 0 aliphatic rings. The highest BCUT2D eigenvalue weighted by Crippen LogP contribution is 2.25. The Labute approximate surface area is 165 Å². The van der Waals surface area contributed by atoms with Crippen LogP contribution in [0.25, 0.3) is 11.1 Å². The molecule has 0 aromatic heterocycles. The third kappa shape index (κ3) is 4.42. The fourth-order valence-electron chi connectivity index (χ4n) is 2.56. The molecule has 3 aromatic carbocycles. The van der Waals surface area contributed by atoms with Crippen LogP contribution in [0.15, 0.2) is 72.8 Å². The zero-order valence-corrected chi connectivity index (χ0v) is 15.3. The summed E-state index contributed by atoms with van der Waals surface area (Å²) >= 11 is 5.71. The average Bonchev–Trinajstić information content (AvgIpc) is 2.72. The van der Waals surface area contributed by atoms with Crippen LogP contribution >= 0.6 is 11.6 Å². The minimum Gasteiger partial charge on any atom is -0.454 e. The Balaban J connectivity index is 1.65. The van der Waals surface area contributed by atoms with Gasteiger partial charge in [-0.05, 0) is 23.3 Å². The summed E-state index contributed by atoms with van der Waals surface area (Å²) in [6, 6.07) is 20.2. The average molecular weight is 396 g/mol. The number of rotatable bonds is 6. The van der Waals surface area contributed by atoms with E-state index in [1.54, 1.807) is 12.1 Å². The summed E-state index contributed by atoms with van der Waals surface area (Å²) < 4.78 is 4.98. The van der Waals surface area contributed by atoms with Crippen molar-refractivity contribution in [2.75, 3.05) is 6.61 Å². The maximum atomic E-state index is 12.3. The van der Waals surface area contributed by atoms with Gasteiger partial charge >= 0.3 is 5.97 Å². The molecule has 0 aliphatic carbocycles. The predicted octanol–water partition coefficient (Wildman–Crippen LogP) is 4.95. The van der Waals surface area contributed by atoms with Gasteiger partial charge < -0.3 is 4.74 Å². The summed E-state index contributed by atoms with van der Waals surface area (Å²) in [7, 11) is 0. The molecule has 6 nitrogen and oxygen atoms in total. The lowest BCUT2D eigenvalue weighted by Gasteiger charge is -2.06. The Morgan fingerprint density at radius 2 is 1.50 bits per heavy atom. The first-order chi connectivity index (χ1) is 13.5. The Morgan fingerprint density at radius 1 is 0.893 bits per heavy atom. The van der Waals surface area contributed by atoms with Gasteiger partial charge in [-0.2, -0.15) is 0 Å². The predicted molar refractivity (Wildman–Crippen MR) is 105 cm³/mol. The van der Waals surface area contributed by atoms with Gasteiger partial charge in [-0.3, -0.25) is 14.9 Å². The van der Waals surface area contributed by atoms with Crippen molar-refractivity contribution in [2.45, 2.75) is 0 Å². The molecule has 0 saturated heterocycles. The van der Waals surface area contributed by atoms with Crippen LogP contribution in [-0.2, 0) is 4.74 Å². The van der Waals surface area contributed by atoms with E-state index in [4.69, 9.17) is 16.3 Å². The third-order valence-electron chi connectivity index (χ3n) is 4.03. The fraction of sp³-hybridized carbons (Fsp3) is 0.0476. The van der Waals surface area contributed by atoms with E-state index in [9.17, 15) is 19.7 Å². The summed E-state index contributed by atoms with van der Waals surface area (Å²) in [5.41, 5.74) is 1.93. The van der Waals surface area contributed by atoms with Crippen molar-refractivity contribution in [1.82, 2.24) is 0 Å². The summed E-state index contributed by atoms with van der Waals surface area (Å²) in [5.74, 6) is -1.22. The van der Waals surface area contributed by atoms with Crippen molar-refractivity contribution in [2.24, 2.45) is 0 Å². The molecular weight excluding hydrogens is 382 g/mol. The van der Waals surface area contributed by atoms with Crippen LogP contribution in [-0.4, -0.2) is 23.3 Å². The summed E-state index contributed by atoms with van der Waals surface area (Å²) in [6.45, 7) is -0.472. The molecule has 0 radical (unpaired) electrons. The first-order valence-corrected chi connectivity index (χ1v) is 8.63. The Hall–Kier alpha value is -3.51. The number of nitro benzene ring substituents is 1. The van der Waals surface area contributed by atoms with E-state index in [1.807, 2.05) is 42.5 Å². The lowest BCUT2D eigenvalue weighted by Crippen LogP contribution is -2.14. The monoisotopic (exact) mass is 395 g/mol. The topological polar surface area (TPSA) is 86.5 Å². The molecule has 0 fully saturated rings. The second kappa shape index (κ2) is 8.45. The van der Waals surface area contributed by atoms with Crippen molar-refractivity contribution in [3.8, 4) is 11.1 Å². The molecule has 0 N–H and O–H groups in total. The largest absolute Gasteiger partial charge is 0.454 e. The number of ketones is 1. The molecule has 3 aromatic rings. The Kier molecular flexibility index (Phi) is 5.81. The van der Waals surface area contributed by atoms with E-state index >= 15 is 0 Å². The number of nitro groups is 1. The molecule has 0 unspecified atom stereocenters. The SMILES string of the molecule is O=C(COC(=O)c1ccc(Cl)c([N+](=O)[O-])c1)c1ccc(-c2ccccc2)cc1. The van der Waals surface area contributed by atoms with Gasteiger partial charge in [-0.1, -0.05) is 66.2 Å². The van der Waals surface area contributed by atoms with E-state index in [-0.39, 0.29) is 16.4 Å². The molecule has 0 spiro atoms. The fourth-order valence-corrected chi connectivity index (χ4v) is 2.74. The Morgan fingerprint density at radius 3 is 2.14 bits per heavy atom. The van der Waals surface area contributed by atoms with Gasteiger partial charge in [0.25, 0.3) is 5.69 Å². The van der Waals surface area contributed by atoms with Crippen LogP contribution in [0.5, 0.6) is 0 Å². The Bertz CT molecular complexity index is 1030. The number of carbonyl (C=O) groups is 2. The second-order valence-electron chi connectivity index (χ2n) is 5.87. The van der Waals surface area contributed by atoms with Gasteiger partial charge in [0.2, 0.25) is 0 Å². The van der Waals surface area contributed by atoms with Crippen molar-refractivity contribution in [1.29, 1.82) is 0 Å². The molecule has 0 amide bonds. The van der Waals surface area contributed by atoms with Crippen molar-refractivity contribution in [3.05, 3.63) is 99.1 Å². The van der Waals surface area contributed by atoms with Crippen LogP contribution in [0.2, 0.25) is 5.02 Å². The number of hydrogen-bond donors (Lipinski definition) is 0. The summed E-state index contributed by atoms with van der Waals surface area (Å²) in [6.07, 6.45) is 0. The van der Waals surface area contributed by atoms with E-state index < -0.39 is 23.2 Å². The molecule has 28 heavy (non-hydrogen) atoms. The first-order valence-electron chi connectivity index (χ1n) is 8.25. The highest BCUT2D eigenvalue weighted by Gasteiger charge is 2.18.